The summed E-state index contributed by atoms with van der Waals surface area (Å²) >= 11 is 0. The molecule has 0 fully saturated rings. The lowest BCUT2D eigenvalue weighted by Gasteiger charge is -2.00. The third kappa shape index (κ3) is 1.84. The fourth-order valence-electron chi connectivity index (χ4n) is 0.605. The first kappa shape index (κ1) is 6.83. The fraction of sp³-hybridized carbons (Fsp3) is 0.143. The minimum Gasteiger partial charge on any atom is -0.141 e. The molecule has 0 saturated carbocycles. The van der Waals surface area contributed by atoms with Crippen molar-refractivity contribution in [1.29, 1.82) is 0 Å². The Hall–Kier alpha value is -0.285. The van der Waals surface area contributed by atoms with Gasteiger partial charge in [0.25, 0.3) is 0 Å². The van der Waals surface area contributed by atoms with E-state index >= 15 is 0 Å². The van der Waals surface area contributed by atoms with E-state index < -0.39 is 0 Å². The zero-order valence-electron chi connectivity index (χ0n) is 4.89. The molecule has 0 heterocycles. The third-order valence-corrected chi connectivity index (χ3v) is 1.97. The van der Waals surface area contributed by atoms with Crippen LogP contribution in [0.2, 0.25) is 0 Å². The van der Waals surface area contributed by atoms with Gasteiger partial charge in [-0.05, 0) is 12.1 Å². The minimum absolute atomic E-state index is 0.0378. The molecule has 0 aliphatic rings. The van der Waals surface area contributed by atoms with Crippen LogP contribution in [0.5, 0.6) is 0 Å². The van der Waals surface area contributed by atoms with E-state index in [0.29, 0.717) is 7.57 Å². The van der Waals surface area contributed by atoms with E-state index in [9.17, 15) is 0 Å². The highest BCUT2D eigenvalue weighted by Crippen LogP contribution is 2.20. The van der Waals surface area contributed by atoms with Crippen molar-refractivity contribution in [2.45, 2.75) is 0 Å². The monoisotopic (exact) mass is 138 g/mol. The molecule has 0 aromatic heterocycles. The third-order valence-electron chi connectivity index (χ3n) is 1.06. The van der Waals surface area contributed by atoms with Crippen LogP contribution in [-0.2, 0) is 0 Å². The van der Waals surface area contributed by atoms with Crippen molar-refractivity contribution in [2.75, 3.05) is 6.66 Å². The molecule has 1 aromatic carbocycles. The van der Waals surface area contributed by atoms with Crippen LogP contribution in [0.25, 0.3) is 0 Å². The molecule has 2 heteroatoms. The Balaban J connectivity index is 2.85. The summed E-state index contributed by atoms with van der Waals surface area (Å²) in [6.45, 7) is 2.42. The van der Waals surface area contributed by atoms with Crippen molar-refractivity contribution in [2.24, 2.45) is 0 Å². The standard InChI is InChI=1S/C7H12BP/c1-9(8)7-5-3-2-4-6-7/h2-6,9H,1,8H3. The lowest BCUT2D eigenvalue weighted by atomic mass is 10.4. The van der Waals surface area contributed by atoms with Crippen LogP contribution < -0.4 is 5.30 Å². The maximum Gasteiger partial charge on any atom is 0.129 e. The van der Waals surface area contributed by atoms with Crippen LogP contribution in [0.1, 0.15) is 0 Å². The number of rotatable bonds is 1. The van der Waals surface area contributed by atoms with Gasteiger partial charge in [-0.25, -0.2) is 0 Å². The van der Waals surface area contributed by atoms with Gasteiger partial charge in [0.1, 0.15) is 7.57 Å². The highest BCUT2D eigenvalue weighted by atomic mass is 31.1. The van der Waals surface area contributed by atoms with Gasteiger partial charge in [0.2, 0.25) is 0 Å². The van der Waals surface area contributed by atoms with Gasteiger partial charge in [0.05, 0.1) is 0 Å². The normalized spacial score (nSPS) is 13.1. The second kappa shape index (κ2) is 3.03. The summed E-state index contributed by atoms with van der Waals surface area (Å²) in [5.41, 5.74) is 0. The fourth-order valence-corrected chi connectivity index (χ4v) is 1.13. The van der Waals surface area contributed by atoms with E-state index in [1.165, 1.54) is 0 Å². The van der Waals surface area contributed by atoms with Gasteiger partial charge in [0, 0.05) is 12.0 Å². The molecule has 1 atom stereocenters. The molecular formula is C7H12BP. The molecule has 9 heavy (non-hydrogen) atoms. The number of benzene rings is 1. The van der Waals surface area contributed by atoms with Crippen LogP contribution in [0.4, 0.5) is 0 Å². The van der Waals surface area contributed by atoms with Crippen molar-refractivity contribution in [3.05, 3.63) is 30.3 Å². The Kier molecular flexibility index (Phi) is 2.30. The van der Waals surface area contributed by atoms with Crippen LogP contribution in [-0.4, -0.2) is 14.2 Å². The molecule has 0 bridgehead atoms. The summed E-state index contributed by atoms with van der Waals surface area (Å²) in [6, 6.07) is 10.9. The van der Waals surface area contributed by atoms with E-state index in [1.54, 1.807) is 5.30 Å². The molecule has 0 N–H and O–H groups in total. The van der Waals surface area contributed by atoms with Crippen LogP contribution >= 0.6 is 7.80 Å². The molecule has 48 valence electrons. The van der Waals surface area contributed by atoms with E-state index in [1.807, 2.05) is 0 Å². The van der Waals surface area contributed by atoms with Gasteiger partial charge in [-0.3, -0.25) is 0 Å². The summed E-state index contributed by atoms with van der Waals surface area (Å²) in [5.74, 6) is 0. The molecule has 0 radical (unpaired) electrons. The summed E-state index contributed by atoms with van der Waals surface area (Å²) < 4.78 is 0. The Morgan fingerprint density at radius 1 is 1.22 bits per heavy atom. The molecule has 0 saturated heterocycles. The van der Waals surface area contributed by atoms with Crippen molar-refractivity contribution in [3.63, 3.8) is 0 Å². The number of hydrogen-bond acceptors (Lipinski definition) is 0. The molecule has 0 amide bonds. The SMILES string of the molecule is [BH3-][PH+](C)c1ccccc1. The topological polar surface area (TPSA) is 0 Å². The Morgan fingerprint density at radius 3 is 2.11 bits per heavy atom. The summed E-state index contributed by atoms with van der Waals surface area (Å²) in [7, 11) is 0.638. The quantitative estimate of drug-likeness (QED) is 0.390. The molecule has 0 nitrogen and oxygen atoms in total. The van der Waals surface area contributed by atoms with E-state index in [-0.39, 0.29) is 7.80 Å². The Labute approximate surface area is 58.4 Å². The van der Waals surface area contributed by atoms with Gasteiger partial charge in [-0.1, -0.05) is 18.2 Å². The van der Waals surface area contributed by atoms with E-state index in [0.717, 1.165) is 0 Å². The highest BCUT2D eigenvalue weighted by molar-refractivity contribution is 7.87. The predicted molar refractivity (Wildman–Crippen MR) is 50.3 cm³/mol. The van der Waals surface area contributed by atoms with E-state index in [4.69, 9.17) is 0 Å². The Morgan fingerprint density at radius 2 is 1.78 bits per heavy atom. The first-order valence-corrected chi connectivity index (χ1v) is 4.16. The average molecular weight is 138 g/mol. The minimum atomic E-state index is 0.0378. The van der Waals surface area contributed by atoms with Crippen molar-refractivity contribution in [3.8, 4) is 0 Å². The summed E-state index contributed by atoms with van der Waals surface area (Å²) in [6.07, 6.45) is 0. The van der Waals surface area contributed by atoms with Gasteiger partial charge in [-0.2, -0.15) is 0 Å². The second-order valence-electron chi connectivity index (χ2n) is 1.62. The van der Waals surface area contributed by atoms with Crippen LogP contribution in [0.3, 0.4) is 0 Å². The largest absolute Gasteiger partial charge is 0.141 e. The molecular weight excluding hydrogens is 126 g/mol. The van der Waals surface area contributed by atoms with Crippen LogP contribution in [0, 0.1) is 0 Å². The molecule has 1 unspecified atom stereocenters. The maximum absolute atomic E-state index is 2.42. The van der Waals surface area contributed by atoms with Crippen molar-refractivity contribution >= 4 is 20.7 Å². The highest BCUT2D eigenvalue weighted by Gasteiger charge is 1.95. The van der Waals surface area contributed by atoms with Gasteiger partial charge < -0.3 is 0 Å². The molecule has 1 rings (SSSR count). The Bertz CT molecular complexity index is 172. The zero-order chi connectivity index (χ0) is 6.69. The molecule has 0 spiro atoms. The molecule has 0 aliphatic carbocycles. The van der Waals surface area contributed by atoms with Crippen LogP contribution in [0.15, 0.2) is 30.3 Å². The summed E-state index contributed by atoms with van der Waals surface area (Å²) in [4.78, 5) is 0. The van der Waals surface area contributed by atoms with Crippen molar-refractivity contribution in [1.82, 2.24) is 0 Å². The van der Waals surface area contributed by atoms with Gasteiger partial charge in [0.15, 0.2) is 0 Å². The summed E-state index contributed by atoms with van der Waals surface area (Å²) in [5, 5.41) is 1.63. The zero-order valence-corrected chi connectivity index (χ0v) is 5.89. The van der Waals surface area contributed by atoms with E-state index in [2.05, 4.69) is 37.0 Å². The molecule has 0 aliphatic heterocycles. The first-order chi connectivity index (χ1) is 4.30. The maximum atomic E-state index is 2.42. The van der Waals surface area contributed by atoms with Crippen molar-refractivity contribution < 1.29 is 0 Å². The van der Waals surface area contributed by atoms with Gasteiger partial charge >= 0.3 is 0 Å². The number of hydrogen-bond donors (Lipinski definition) is 0. The lowest BCUT2D eigenvalue weighted by Crippen LogP contribution is -1.96. The predicted octanol–water partition coefficient (Wildman–Crippen LogP) is 0.436. The smallest absolute Gasteiger partial charge is 0.129 e. The first-order valence-electron chi connectivity index (χ1n) is 2.66. The van der Waals surface area contributed by atoms with Gasteiger partial charge in [-0.15, -0.1) is 7.80 Å². The second-order valence-corrected chi connectivity index (χ2v) is 2.69. The average Bonchev–Trinajstić information content (AvgIpc) is 1.90. The lowest BCUT2D eigenvalue weighted by molar-refractivity contribution is 1.77. The molecule has 1 aromatic rings.